The Bertz CT molecular complexity index is 1520. The van der Waals surface area contributed by atoms with E-state index in [1.165, 1.54) is 30.6 Å². The highest BCUT2D eigenvalue weighted by Crippen LogP contribution is 2.32. The van der Waals surface area contributed by atoms with Crippen LogP contribution in [-0.2, 0) is 7.05 Å². The molecule has 0 spiro atoms. The molecule has 4 aromatic rings. The molecule has 1 saturated carbocycles. The lowest BCUT2D eigenvalue weighted by atomic mass is 9.96. The van der Waals surface area contributed by atoms with Crippen molar-refractivity contribution in [2.24, 2.45) is 12.0 Å². The number of hydrogen-bond donors (Lipinski definition) is 0. The lowest BCUT2D eigenvalue weighted by Gasteiger charge is -2.23. The molecule has 192 valence electrons. The number of rotatable bonds is 5. The molecule has 0 aliphatic heterocycles. The van der Waals surface area contributed by atoms with Crippen molar-refractivity contribution in [2.45, 2.75) is 57.9 Å². The van der Waals surface area contributed by atoms with E-state index in [1.54, 1.807) is 28.9 Å². The van der Waals surface area contributed by atoms with Gasteiger partial charge in [0, 0.05) is 30.6 Å². The average Bonchev–Trinajstić information content (AvgIpc) is 3.39. The number of benzene rings is 2. The van der Waals surface area contributed by atoms with Gasteiger partial charge in [0.25, 0.3) is 11.2 Å². The van der Waals surface area contributed by atoms with Gasteiger partial charge in [0.05, 0.1) is 22.0 Å². The van der Waals surface area contributed by atoms with Crippen molar-refractivity contribution in [1.82, 2.24) is 13.9 Å². The molecule has 8 nitrogen and oxygen atoms in total. The van der Waals surface area contributed by atoms with Crippen LogP contribution in [0.5, 0.6) is 0 Å². The van der Waals surface area contributed by atoms with Crippen LogP contribution in [0.2, 0.25) is 0 Å². The standard InChI is InChI=1S/C28H31N5O3S/c1-20-26(27(34)32(30(20)2)23-13-9-6-10-14-23)29-28-31(22-11-7-4-3-5-8-12-22)25(19-37-28)21-15-17-24(18-16-21)33(35)36/h6,9-10,13-19,22H,3-5,7-8,11-12H2,1-2H3. The minimum absolute atomic E-state index is 0.0720. The first-order chi connectivity index (χ1) is 18.0. The maximum atomic E-state index is 13.6. The second-order valence-corrected chi connectivity index (χ2v) is 10.4. The van der Waals surface area contributed by atoms with Crippen LogP contribution in [0, 0.1) is 17.0 Å². The Kier molecular flexibility index (Phi) is 7.23. The topological polar surface area (TPSA) is 87.4 Å². The molecule has 0 bridgehead atoms. The SMILES string of the molecule is Cc1c(N=c2scc(-c3ccc([N+](=O)[O-])cc3)n2C2CCCCCCC2)c(=O)n(-c2ccccc2)n1C. The Labute approximate surface area is 219 Å². The summed E-state index contributed by atoms with van der Waals surface area (Å²) in [7, 11) is 1.88. The summed E-state index contributed by atoms with van der Waals surface area (Å²) in [5, 5.41) is 13.3. The summed E-state index contributed by atoms with van der Waals surface area (Å²) in [5.41, 5.74) is 3.85. The van der Waals surface area contributed by atoms with E-state index in [9.17, 15) is 14.9 Å². The summed E-state index contributed by atoms with van der Waals surface area (Å²) in [6.45, 7) is 1.92. The van der Waals surface area contributed by atoms with E-state index in [0.717, 1.165) is 53.1 Å². The number of thiazole rings is 1. The normalized spacial score (nSPS) is 15.5. The van der Waals surface area contributed by atoms with E-state index in [1.807, 2.05) is 49.0 Å². The summed E-state index contributed by atoms with van der Waals surface area (Å²) in [6.07, 6.45) is 8.11. The summed E-state index contributed by atoms with van der Waals surface area (Å²) in [5.74, 6) is 0. The van der Waals surface area contributed by atoms with Crippen LogP contribution in [0.4, 0.5) is 11.4 Å². The molecule has 2 aromatic heterocycles. The minimum atomic E-state index is -0.378. The Morgan fingerprint density at radius 3 is 2.27 bits per heavy atom. The molecule has 0 N–H and O–H groups in total. The molecule has 5 rings (SSSR count). The average molecular weight is 518 g/mol. The summed E-state index contributed by atoms with van der Waals surface area (Å²) < 4.78 is 5.77. The van der Waals surface area contributed by atoms with Gasteiger partial charge in [-0.25, -0.2) is 9.67 Å². The van der Waals surface area contributed by atoms with Gasteiger partial charge in [-0.2, -0.15) is 0 Å². The molecule has 1 aliphatic rings. The molecular formula is C28H31N5O3S. The summed E-state index contributed by atoms with van der Waals surface area (Å²) >= 11 is 1.52. The van der Waals surface area contributed by atoms with Crippen LogP contribution < -0.4 is 10.4 Å². The first-order valence-electron chi connectivity index (χ1n) is 12.8. The fraction of sp³-hybridized carbons (Fsp3) is 0.357. The quantitative estimate of drug-likeness (QED) is 0.225. The molecule has 0 unspecified atom stereocenters. The van der Waals surface area contributed by atoms with Crippen LogP contribution in [0.25, 0.3) is 16.9 Å². The summed E-state index contributed by atoms with van der Waals surface area (Å²) in [6, 6.07) is 16.6. The predicted octanol–water partition coefficient (Wildman–Crippen LogP) is 6.44. The van der Waals surface area contributed by atoms with Crippen molar-refractivity contribution in [3.63, 3.8) is 0 Å². The number of nitro benzene ring substituents is 1. The number of hydrogen-bond acceptors (Lipinski definition) is 5. The van der Waals surface area contributed by atoms with Crippen molar-refractivity contribution >= 4 is 22.7 Å². The molecule has 0 saturated heterocycles. The zero-order valence-corrected chi connectivity index (χ0v) is 22.0. The molecular weight excluding hydrogens is 486 g/mol. The van der Waals surface area contributed by atoms with E-state index >= 15 is 0 Å². The minimum Gasteiger partial charge on any atom is -0.313 e. The van der Waals surface area contributed by atoms with Gasteiger partial charge in [-0.15, -0.1) is 11.3 Å². The highest BCUT2D eigenvalue weighted by Gasteiger charge is 2.21. The van der Waals surface area contributed by atoms with E-state index < -0.39 is 0 Å². The van der Waals surface area contributed by atoms with Crippen LogP contribution >= 0.6 is 11.3 Å². The highest BCUT2D eigenvalue weighted by molar-refractivity contribution is 7.07. The van der Waals surface area contributed by atoms with Crippen LogP contribution in [0.15, 0.2) is 69.8 Å². The highest BCUT2D eigenvalue weighted by atomic mass is 32.1. The Hall–Kier alpha value is -3.72. The predicted molar refractivity (Wildman–Crippen MR) is 147 cm³/mol. The second-order valence-electron chi connectivity index (χ2n) is 9.60. The number of non-ortho nitro benzene ring substituents is 1. The van der Waals surface area contributed by atoms with E-state index in [0.29, 0.717) is 5.69 Å². The van der Waals surface area contributed by atoms with E-state index in [-0.39, 0.29) is 22.2 Å². The molecule has 2 aromatic carbocycles. The van der Waals surface area contributed by atoms with Gasteiger partial charge < -0.3 is 4.57 Å². The zero-order valence-electron chi connectivity index (χ0n) is 21.2. The largest absolute Gasteiger partial charge is 0.313 e. The second kappa shape index (κ2) is 10.7. The van der Waals surface area contributed by atoms with Crippen LogP contribution in [-0.4, -0.2) is 18.9 Å². The Balaban J connectivity index is 1.67. The van der Waals surface area contributed by atoms with Gasteiger partial charge in [-0.3, -0.25) is 19.6 Å². The molecule has 1 fully saturated rings. The number of para-hydroxylation sites is 1. The lowest BCUT2D eigenvalue weighted by molar-refractivity contribution is -0.384. The smallest absolute Gasteiger partial charge is 0.297 e. The van der Waals surface area contributed by atoms with Gasteiger partial charge in [-0.1, -0.05) is 50.3 Å². The fourth-order valence-electron chi connectivity index (χ4n) is 5.19. The van der Waals surface area contributed by atoms with Gasteiger partial charge >= 0.3 is 0 Å². The van der Waals surface area contributed by atoms with Gasteiger partial charge in [0.2, 0.25) is 0 Å². The third-order valence-corrected chi connectivity index (χ3v) is 8.13. The maximum absolute atomic E-state index is 13.6. The molecule has 0 amide bonds. The van der Waals surface area contributed by atoms with Crippen molar-refractivity contribution in [3.05, 3.63) is 90.9 Å². The van der Waals surface area contributed by atoms with Crippen molar-refractivity contribution in [1.29, 1.82) is 0 Å². The Morgan fingerprint density at radius 1 is 0.973 bits per heavy atom. The van der Waals surface area contributed by atoms with E-state index in [2.05, 4.69) is 9.95 Å². The van der Waals surface area contributed by atoms with E-state index in [4.69, 9.17) is 4.99 Å². The molecule has 37 heavy (non-hydrogen) atoms. The summed E-state index contributed by atoms with van der Waals surface area (Å²) in [4.78, 5) is 30.1. The third kappa shape index (κ3) is 4.96. The molecule has 0 radical (unpaired) electrons. The molecule has 2 heterocycles. The Morgan fingerprint density at radius 2 is 1.62 bits per heavy atom. The van der Waals surface area contributed by atoms with Gasteiger partial charge in [-0.05, 0) is 49.6 Å². The first-order valence-corrected chi connectivity index (χ1v) is 13.7. The monoisotopic (exact) mass is 517 g/mol. The van der Waals surface area contributed by atoms with Gasteiger partial charge in [0.15, 0.2) is 10.5 Å². The lowest BCUT2D eigenvalue weighted by Crippen LogP contribution is -2.23. The number of nitrogens with zero attached hydrogens (tertiary/aromatic N) is 5. The van der Waals surface area contributed by atoms with Crippen LogP contribution in [0.3, 0.4) is 0 Å². The number of nitro groups is 1. The van der Waals surface area contributed by atoms with Crippen molar-refractivity contribution < 1.29 is 4.92 Å². The maximum Gasteiger partial charge on any atom is 0.297 e. The zero-order chi connectivity index (χ0) is 25.9. The third-order valence-electron chi connectivity index (χ3n) is 7.29. The number of aromatic nitrogens is 3. The molecule has 9 heteroatoms. The van der Waals surface area contributed by atoms with Crippen molar-refractivity contribution in [3.8, 4) is 16.9 Å². The molecule has 0 atom stereocenters. The molecule has 1 aliphatic carbocycles. The van der Waals surface area contributed by atoms with Gasteiger partial charge in [0.1, 0.15) is 0 Å². The van der Waals surface area contributed by atoms with Crippen molar-refractivity contribution in [2.75, 3.05) is 0 Å². The first kappa shape index (κ1) is 25.0. The van der Waals surface area contributed by atoms with Crippen LogP contribution in [0.1, 0.15) is 56.7 Å². The fourth-order valence-corrected chi connectivity index (χ4v) is 6.16.